The van der Waals surface area contributed by atoms with E-state index in [9.17, 15) is 4.79 Å². The Labute approximate surface area is 241 Å². The van der Waals surface area contributed by atoms with E-state index in [1.54, 1.807) is 24.2 Å². The number of carbonyl (C=O) groups excluding carboxylic acids is 1. The molecule has 1 N–H and O–H groups in total. The van der Waals surface area contributed by atoms with Crippen LogP contribution >= 0.6 is 46.3 Å². The summed E-state index contributed by atoms with van der Waals surface area (Å²) in [4.78, 5) is 28.3. The average molecular weight is 596 g/mol. The molecular weight excluding hydrogens is 563 g/mol. The number of hydrogen-bond acceptors (Lipinski definition) is 8. The van der Waals surface area contributed by atoms with Crippen LogP contribution in [-0.4, -0.2) is 50.3 Å². The Balaban J connectivity index is 1.31. The molecule has 0 aliphatic rings. The number of amides is 1. The lowest BCUT2D eigenvalue weighted by molar-refractivity contribution is -0.116. The molecule has 8 nitrogen and oxygen atoms in total. The molecule has 0 saturated carbocycles. The first kappa shape index (κ1) is 28.7. The first-order chi connectivity index (χ1) is 18.2. The van der Waals surface area contributed by atoms with Crippen LogP contribution in [0.4, 0.5) is 10.8 Å². The second-order valence-corrected chi connectivity index (χ2v) is 12.9. The number of carbonyl (C=O) groups is 1. The van der Waals surface area contributed by atoms with Gasteiger partial charge in [0, 0.05) is 55.8 Å². The summed E-state index contributed by atoms with van der Waals surface area (Å²) in [6.45, 7) is 7.71. The first-order valence-corrected chi connectivity index (χ1v) is 15.2. The summed E-state index contributed by atoms with van der Waals surface area (Å²) in [7, 11) is 1.97. The number of alkyl halides is 2. The molecule has 1 aromatic carbocycles. The lowest BCUT2D eigenvalue weighted by Crippen LogP contribution is -2.27. The molecule has 4 rings (SSSR count). The van der Waals surface area contributed by atoms with E-state index in [-0.39, 0.29) is 11.3 Å². The molecule has 38 heavy (non-hydrogen) atoms. The Kier molecular flexibility index (Phi) is 9.62. The van der Waals surface area contributed by atoms with Gasteiger partial charge >= 0.3 is 0 Å². The highest BCUT2D eigenvalue weighted by molar-refractivity contribution is 8.00. The molecule has 0 aliphatic carbocycles. The molecule has 3 aromatic heterocycles. The van der Waals surface area contributed by atoms with Gasteiger partial charge in [-0.3, -0.25) is 4.79 Å². The van der Waals surface area contributed by atoms with Gasteiger partial charge in [-0.15, -0.1) is 35.0 Å². The number of anilines is 2. The number of thioether (sulfide) groups is 1. The predicted molar refractivity (Wildman–Crippen MR) is 158 cm³/mol. The molecule has 0 aliphatic heterocycles. The zero-order chi connectivity index (χ0) is 27.3. The normalized spacial score (nSPS) is 11.8. The second kappa shape index (κ2) is 12.7. The van der Waals surface area contributed by atoms with Crippen molar-refractivity contribution < 1.29 is 9.21 Å². The summed E-state index contributed by atoms with van der Waals surface area (Å²) < 4.78 is 8.87. The fraction of sp³-hybridized carbons (Fsp3) is 0.462. The molecule has 12 heteroatoms. The zero-order valence-electron chi connectivity index (χ0n) is 22.0. The van der Waals surface area contributed by atoms with Crippen molar-refractivity contribution in [2.45, 2.75) is 49.0 Å². The number of nitrogens with zero attached hydrogens (tertiary/aromatic N) is 5. The number of nitrogens with one attached hydrogen (secondary N) is 1. The molecule has 1 amide bonds. The van der Waals surface area contributed by atoms with E-state index in [1.165, 1.54) is 11.3 Å². The van der Waals surface area contributed by atoms with Crippen molar-refractivity contribution in [1.82, 2.24) is 19.5 Å². The van der Waals surface area contributed by atoms with Gasteiger partial charge in [0.25, 0.3) is 0 Å². The van der Waals surface area contributed by atoms with Gasteiger partial charge in [0.1, 0.15) is 11.6 Å². The smallest absolute Gasteiger partial charge is 0.226 e. The maximum atomic E-state index is 12.6. The fourth-order valence-electron chi connectivity index (χ4n) is 3.88. The van der Waals surface area contributed by atoms with Crippen LogP contribution < -0.4 is 10.2 Å². The van der Waals surface area contributed by atoms with Gasteiger partial charge in [-0.05, 0) is 18.2 Å². The zero-order valence-corrected chi connectivity index (χ0v) is 25.1. The number of fused-ring (bicyclic) bond motifs is 1. The summed E-state index contributed by atoms with van der Waals surface area (Å²) >= 11 is 14.9. The maximum absolute atomic E-state index is 12.6. The lowest BCUT2D eigenvalue weighted by Gasteiger charge is -2.22. The molecular formula is C26H32Cl2N6O2S2. The second-order valence-electron chi connectivity index (χ2n) is 9.81. The van der Waals surface area contributed by atoms with Crippen molar-refractivity contribution in [3.05, 3.63) is 48.1 Å². The van der Waals surface area contributed by atoms with Crippen molar-refractivity contribution in [2.24, 2.45) is 7.05 Å². The van der Waals surface area contributed by atoms with Crippen molar-refractivity contribution in [3.63, 3.8) is 0 Å². The summed E-state index contributed by atoms with van der Waals surface area (Å²) in [5.41, 5.74) is 2.87. The summed E-state index contributed by atoms with van der Waals surface area (Å²) in [5, 5.41) is 3.48. The van der Waals surface area contributed by atoms with Crippen LogP contribution in [0.1, 0.15) is 44.7 Å². The van der Waals surface area contributed by atoms with Gasteiger partial charge in [0.2, 0.25) is 11.8 Å². The van der Waals surface area contributed by atoms with Crippen LogP contribution in [0, 0.1) is 0 Å². The predicted octanol–water partition coefficient (Wildman–Crippen LogP) is 6.46. The van der Waals surface area contributed by atoms with E-state index in [4.69, 9.17) is 32.6 Å². The summed E-state index contributed by atoms with van der Waals surface area (Å²) in [5.74, 6) is 3.96. The average Bonchev–Trinajstić information content (AvgIpc) is 3.60. The van der Waals surface area contributed by atoms with Crippen molar-refractivity contribution >= 4 is 74.1 Å². The van der Waals surface area contributed by atoms with Gasteiger partial charge in [-0.1, -0.05) is 32.1 Å². The highest BCUT2D eigenvalue weighted by Gasteiger charge is 2.19. The maximum Gasteiger partial charge on any atom is 0.226 e. The van der Waals surface area contributed by atoms with Gasteiger partial charge in [-0.2, -0.15) is 0 Å². The molecule has 0 spiro atoms. The van der Waals surface area contributed by atoms with E-state index in [0.717, 1.165) is 32.5 Å². The van der Waals surface area contributed by atoms with Crippen LogP contribution in [0.5, 0.6) is 0 Å². The molecule has 0 unspecified atom stereocenters. The third kappa shape index (κ3) is 7.22. The van der Waals surface area contributed by atoms with Crippen molar-refractivity contribution in [2.75, 3.05) is 35.1 Å². The first-order valence-electron chi connectivity index (χ1n) is 12.3. The fourth-order valence-corrected chi connectivity index (χ4v) is 6.03. The van der Waals surface area contributed by atoms with Crippen LogP contribution in [0.15, 0.2) is 39.2 Å². The number of halogens is 2. The standard InChI is InChI=1S/C26H32Cl2N6O2S2/c1-26(2,3)20-14-29-23(36-20)16-37-24-15-30-25(38-24)32-22(35)8-7-21-31-18-13-17(5-6-19(18)33(21)4)34(11-9-27)12-10-28/h5-6,13-15H,7-12,16H2,1-4H3,(H,30,32,35). The molecule has 204 valence electrons. The number of oxazole rings is 1. The molecule has 0 bridgehead atoms. The minimum Gasteiger partial charge on any atom is -0.444 e. The van der Waals surface area contributed by atoms with Crippen LogP contribution in [-0.2, 0) is 29.4 Å². The number of aryl methyl sites for hydroxylation is 2. The highest BCUT2D eigenvalue weighted by Crippen LogP contribution is 2.32. The number of thiazole rings is 1. The quantitative estimate of drug-likeness (QED) is 0.149. The molecule has 0 radical (unpaired) electrons. The van der Waals surface area contributed by atoms with Crippen molar-refractivity contribution in [3.8, 4) is 0 Å². The Hall–Kier alpha value is -2.27. The molecule has 4 aromatic rings. The summed E-state index contributed by atoms with van der Waals surface area (Å²) in [6, 6.07) is 6.16. The Bertz CT molecular complexity index is 1370. The van der Waals surface area contributed by atoms with Gasteiger partial charge in [0.15, 0.2) is 5.13 Å². The number of hydrogen-bond donors (Lipinski definition) is 1. The van der Waals surface area contributed by atoms with Gasteiger partial charge in [-0.25, -0.2) is 15.0 Å². The summed E-state index contributed by atoms with van der Waals surface area (Å²) in [6.07, 6.45) is 4.38. The van der Waals surface area contributed by atoms with Gasteiger partial charge < -0.3 is 19.2 Å². The topological polar surface area (TPSA) is 89.1 Å². The number of imidazole rings is 1. The molecule has 0 saturated heterocycles. The monoisotopic (exact) mass is 594 g/mol. The number of aromatic nitrogens is 4. The van der Waals surface area contributed by atoms with E-state index in [2.05, 4.69) is 53.1 Å². The van der Waals surface area contributed by atoms with Crippen LogP contribution in [0.3, 0.4) is 0 Å². The van der Waals surface area contributed by atoms with E-state index in [1.807, 2.05) is 17.7 Å². The Morgan fingerprint density at radius 2 is 1.95 bits per heavy atom. The largest absolute Gasteiger partial charge is 0.444 e. The third-order valence-corrected chi connectivity index (χ3v) is 8.40. The Morgan fingerprint density at radius 1 is 1.18 bits per heavy atom. The van der Waals surface area contributed by atoms with Gasteiger partial charge in [0.05, 0.1) is 33.4 Å². The lowest BCUT2D eigenvalue weighted by atomic mass is 9.94. The van der Waals surface area contributed by atoms with Crippen LogP contribution in [0.2, 0.25) is 0 Å². The number of benzene rings is 1. The molecule has 3 heterocycles. The van der Waals surface area contributed by atoms with E-state index < -0.39 is 0 Å². The van der Waals surface area contributed by atoms with E-state index in [0.29, 0.717) is 54.5 Å². The third-order valence-electron chi connectivity index (χ3n) is 5.97. The molecule has 0 fully saturated rings. The van der Waals surface area contributed by atoms with E-state index >= 15 is 0 Å². The Morgan fingerprint density at radius 3 is 2.63 bits per heavy atom. The highest BCUT2D eigenvalue weighted by atomic mass is 35.5. The minimum absolute atomic E-state index is 0.0713. The molecule has 0 atom stereocenters. The van der Waals surface area contributed by atoms with Crippen molar-refractivity contribution in [1.29, 1.82) is 0 Å². The SMILES string of the molecule is Cn1c(CCC(=O)Nc2ncc(SCc3ncc(C(C)(C)C)o3)s2)nc2cc(N(CCCl)CCCl)ccc21. The van der Waals surface area contributed by atoms with Crippen LogP contribution in [0.25, 0.3) is 11.0 Å². The minimum atomic E-state index is -0.0958. The number of rotatable bonds is 12.